The lowest BCUT2D eigenvalue weighted by atomic mass is 10.3. The normalized spacial score (nSPS) is 13.8. The Bertz CT molecular complexity index is 442. The fourth-order valence-corrected chi connectivity index (χ4v) is 2.01. The summed E-state index contributed by atoms with van der Waals surface area (Å²) in [7, 11) is 0. The van der Waals surface area contributed by atoms with E-state index in [1.807, 2.05) is 0 Å². The van der Waals surface area contributed by atoms with E-state index >= 15 is 0 Å². The first-order valence-electron chi connectivity index (χ1n) is 3.92. The van der Waals surface area contributed by atoms with Crippen molar-refractivity contribution in [3.05, 3.63) is 23.3 Å². The zero-order chi connectivity index (χ0) is 14.4. The van der Waals surface area contributed by atoms with Crippen LogP contribution in [0.1, 0.15) is 17.1 Å². The predicted molar refractivity (Wildman–Crippen MR) is 79.7 cm³/mol. The van der Waals surface area contributed by atoms with Crippen molar-refractivity contribution in [3.63, 3.8) is 0 Å². The summed E-state index contributed by atoms with van der Waals surface area (Å²) in [6.45, 7) is 0. The van der Waals surface area contributed by atoms with Gasteiger partial charge in [-0.2, -0.15) is 0 Å². The highest BCUT2D eigenvalue weighted by atomic mass is 35.6. The van der Waals surface area contributed by atoms with Gasteiger partial charge in [-0.1, -0.05) is 104 Å². The standard InChI is InChI=1S/C7HCl9N2/c8-5(9,10)2-1-17-3(6(11,12)13)4(18-2)7(14,15)16/h1H. The molecule has 0 N–H and O–H groups in total. The second-order valence-corrected chi connectivity index (χ2v) is 9.79. The largest absolute Gasteiger partial charge is 0.253 e. The first-order valence-corrected chi connectivity index (χ1v) is 7.32. The van der Waals surface area contributed by atoms with Crippen molar-refractivity contribution in [1.82, 2.24) is 9.97 Å². The number of alkyl halides is 9. The Morgan fingerprint density at radius 2 is 1.11 bits per heavy atom. The van der Waals surface area contributed by atoms with E-state index in [1.165, 1.54) is 0 Å². The minimum Gasteiger partial charge on any atom is -0.253 e. The van der Waals surface area contributed by atoms with Crippen LogP contribution < -0.4 is 0 Å². The summed E-state index contributed by atoms with van der Waals surface area (Å²) in [6.07, 6.45) is 1.12. The Morgan fingerprint density at radius 3 is 1.44 bits per heavy atom. The van der Waals surface area contributed by atoms with Crippen molar-refractivity contribution < 1.29 is 0 Å². The van der Waals surface area contributed by atoms with E-state index in [0.29, 0.717) is 0 Å². The van der Waals surface area contributed by atoms with E-state index in [9.17, 15) is 0 Å². The van der Waals surface area contributed by atoms with E-state index in [4.69, 9.17) is 104 Å². The van der Waals surface area contributed by atoms with Gasteiger partial charge in [0.1, 0.15) is 17.1 Å². The average molecular weight is 432 g/mol. The quantitative estimate of drug-likeness (QED) is 0.473. The highest BCUT2D eigenvalue weighted by molar-refractivity contribution is 6.69. The minimum atomic E-state index is -1.99. The van der Waals surface area contributed by atoms with Crippen LogP contribution in [0.3, 0.4) is 0 Å². The van der Waals surface area contributed by atoms with Gasteiger partial charge in [0.2, 0.25) is 11.4 Å². The Morgan fingerprint density at radius 1 is 0.667 bits per heavy atom. The van der Waals surface area contributed by atoms with E-state index in [2.05, 4.69) is 9.97 Å². The highest BCUT2D eigenvalue weighted by Gasteiger charge is 2.39. The van der Waals surface area contributed by atoms with E-state index in [-0.39, 0.29) is 17.1 Å². The number of hydrogen-bond donors (Lipinski definition) is 0. The molecule has 0 saturated carbocycles. The molecule has 1 aromatic rings. The maximum atomic E-state index is 5.71. The third-order valence-electron chi connectivity index (χ3n) is 1.60. The first-order chi connectivity index (χ1) is 7.83. The molecule has 1 rings (SSSR count). The molecule has 0 aliphatic rings. The molecule has 0 aliphatic heterocycles. The molecule has 1 aromatic heterocycles. The average Bonchev–Trinajstić information content (AvgIpc) is 2.12. The van der Waals surface area contributed by atoms with Gasteiger partial charge in [0.15, 0.2) is 0 Å². The highest BCUT2D eigenvalue weighted by Crippen LogP contribution is 2.47. The van der Waals surface area contributed by atoms with Crippen molar-refractivity contribution in [1.29, 1.82) is 0 Å². The minimum absolute atomic E-state index is 0.0631. The zero-order valence-electron chi connectivity index (χ0n) is 7.87. The molecular formula is C7HCl9N2. The van der Waals surface area contributed by atoms with Gasteiger partial charge in [-0.15, -0.1) is 0 Å². The van der Waals surface area contributed by atoms with E-state index in [1.54, 1.807) is 0 Å². The Hall–Kier alpha value is 1.69. The molecule has 0 saturated heterocycles. The van der Waals surface area contributed by atoms with Crippen molar-refractivity contribution in [2.75, 3.05) is 0 Å². The lowest BCUT2D eigenvalue weighted by Gasteiger charge is -2.21. The zero-order valence-corrected chi connectivity index (χ0v) is 14.7. The van der Waals surface area contributed by atoms with Crippen LogP contribution in [-0.2, 0) is 11.4 Å². The molecule has 11 heteroatoms. The topological polar surface area (TPSA) is 25.8 Å². The number of aromatic nitrogens is 2. The van der Waals surface area contributed by atoms with Crippen LogP contribution in [0.4, 0.5) is 0 Å². The monoisotopic (exact) mass is 428 g/mol. The fourth-order valence-electron chi connectivity index (χ4n) is 0.931. The van der Waals surface area contributed by atoms with Crippen LogP contribution in [0.25, 0.3) is 0 Å². The molecule has 0 unspecified atom stereocenters. The Kier molecular flexibility index (Phi) is 5.74. The summed E-state index contributed by atoms with van der Waals surface area (Å²) in [6, 6.07) is 0. The molecule has 18 heavy (non-hydrogen) atoms. The van der Waals surface area contributed by atoms with Gasteiger partial charge in [0.25, 0.3) is 0 Å². The third kappa shape index (κ3) is 4.61. The Labute approximate surface area is 148 Å². The fraction of sp³-hybridized carbons (Fsp3) is 0.429. The van der Waals surface area contributed by atoms with Gasteiger partial charge in [-0.25, -0.2) is 4.98 Å². The molecule has 0 aromatic carbocycles. The van der Waals surface area contributed by atoms with E-state index < -0.39 is 11.4 Å². The van der Waals surface area contributed by atoms with Crippen LogP contribution in [0.15, 0.2) is 6.20 Å². The first kappa shape index (κ1) is 17.7. The number of nitrogens with zero attached hydrogens (tertiary/aromatic N) is 2. The van der Waals surface area contributed by atoms with Crippen LogP contribution in [0.2, 0.25) is 0 Å². The molecule has 0 fully saturated rings. The van der Waals surface area contributed by atoms with Crippen molar-refractivity contribution >= 4 is 104 Å². The molecule has 0 atom stereocenters. The molecular weight excluding hydrogens is 431 g/mol. The summed E-state index contributed by atoms with van der Waals surface area (Å²) in [5.41, 5.74) is -0.450. The van der Waals surface area contributed by atoms with Crippen LogP contribution in [-0.4, -0.2) is 9.97 Å². The predicted octanol–water partition coefficient (Wildman–Crippen LogP) is 5.96. The Balaban J connectivity index is 3.50. The molecule has 0 amide bonds. The van der Waals surface area contributed by atoms with Gasteiger partial charge in [-0.05, 0) is 0 Å². The third-order valence-corrected chi connectivity index (χ3v) is 3.25. The van der Waals surface area contributed by atoms with Crippen LogP contribution in [0, 0.1) is 0 Å². The molecule has 0 spiro atoms. The summed E-state index contributed by atoms with van der Waals surface area (Å²) < 4.78 is -5.76. The van der Waals surface area contributed by atoms with Crippen LogP contribution in [0.5, 0.6) is 0 Å². The van der Waals surface area contributed by atoms with Crippen molar-refractivity contribution in [2.45, 2.75) is 11.4 Å². The summed E-state index contributed by atoms with van der Waals surface area (Å²) >= 11 is 51.2. The lowest BCUT2D eigenvalue weighted by Crippen LogP contribution is -2.19. The molecule has 0 radical (unpaired) electrons. The second-order valence-electron chi connectivity index (χ2n) is 2.95. The van der Waals surface area contributed by atoms with Gasteiger partial charge in [-0.3, -0.25) is 4.98 Å². The molecule has 102 valence electrons. The smallest absolute Gasteiger partial charge is 0.234 e. The van der Waals surface area contributed by atoms with Crippen molar-refractivity contribution in [3.8, 4) is 0 Å². The number of halogens is 9. The number of rotatable bonds is 0. The SMILES string of the molecule is ClC(Cl)(Cl)c1cnc(C(Cl)(Cl)Cl)c(C(Cl)(Cl)Cl)n1. The van der Waals surface area contributed by atoms with Crippen LogP contribution >= 0.6 is 104 Å². The molecule has 0 bridgehead atoms. The van der Waals surface area contributed by atoms with Crippen molar-refractivity contribution in [2.24, 2.45) is 0 Å². The number of hydrogen-bond acceptors (Lipinski definition) is 2. The van der Waals surface area contributed by atoms with Gasteiger partial charge < -0.3 is 0 Å². The summed E-state index contributed by atoms with van der Waals surface area (Å²) in [5, 5.41) is 0. The molecule has 0 aliphatic carbocycles. The summed E-state index contributed by atoms with van der Waals surface area (Å²) in [4.78, 5) is 7.69. The van der Waals surface area contributed by atoms with Gasteiger partial charge in [0, 0.05) is 0 Å². The maximum Gasteiger partial charge on any atom is 0.234 e. The maximum absolute atomic E-state index is 5.71. The molecule has 2 nitrogen and oxygen atoms in total. The van der Waals surface area contributed by atoms with Gasteiger partial charge in [0.05, 0.1) is 6.20 Å². The second kappa shape index (κ2) is 5.82. The van der Waals surface area contributed by atoms with Gasteiger partial charge >= 0.3 is 0 Å². The lowest BCUT2D eigenvalue weighted by molar-refractivity contribution is 0.890. The van der Waals surface area contributed by atoms with E-state index in [0.717, 1.165) is 6.20 Å². The summed E-state index contributed by atoms with van der Waals surface area (Å²) in [5.74, 6) is 0. The molecule has 1 heterocycles.